The molecular weight excluding hydrogens is 352 g/mol. The van der Waals surface area contributed by atoms with Crippen LogP contribution < -0.4 is 0 Å². The quantitative estimate of drug-likeness (QED) is 0.800. The molecule has 2 aromatic rings. The molecule has 0 radical (unpaired) electrons. The minimum atomic E-state index is -1.30. The highest BCUT2D eigenvalue weighted by Gasteiger charge is 2.44. The summed E-state index contributed by atoms with van der Waals surface area (Å²) in [4.78, 5) is 24.6. The summed E-state index contributed by atoms with van der Waals surface area (Å²) in [5, 5.41) is 10.6. The molecule has 2 aromatic carbocycles. The molecule has 3 rings (SSSR count). The second kappa shape index (κ2) is 8.77. The predicted octanol–water partition coefficient (Wildman–Crippen LogP) is 1.80. The van der Waals surface area contributed by atoms with Crippen LogP contribution in [0.3, 0.4) is 0 Å². The maximum atomic E-state index is 12.3. The highest BCUT2D eigenvalue weighted by molar-refractivity contribution is 5.90. The van der Waals surface area contributed by atoms with Crippen LogP contribution in [-0.2, 0) is 18.9 Å². The molecule has 0 saturated carbocycles. The van der Waals surface area contributed by atoms with Crippen LogP contribution >= 0.6 is 0 Å². The first-order valence-corrected chi connectivity index (χ1v) is 8.44. The van der Waals surface area contributed by atoms with Crippen LogP contribution in [0, 0.1) is 0 Å². The van der Waals surface area contributed by atoms with Crippen LogP contribution in [0.15, 0.2) is 60.7 Å². The number of hydrogen-bond donors (Lipinski definition) is 1. The van der Waals surface area contributed by atoms with Gasteiger partial charge in [0.2, 0.25) is 0 Å². The minimum absolute atomic E-state index is 0.0857. The van der Waals surface area contributed by atoms with Crippen molar-refractivity contribution in [3.8, 4) is 0 Å². The Morgan fingerprint density at radius 1 is 0.926 bits per heavy atom. The van der Waals surface area contributed by atoms with Gasteiger partial charge >= 0.3 is 11.9 Å². The molecular formula is C20H20O7. The lowest BCUT2D eigenvalue weighted by Gasteiger charge is -2.38. The molecule has 4 atom stereocenters. The van der Waals surface area contributed by atoms with Crippen molar-refractivity contribution in [1.29, 1.82) is 0 Å². The molecule has 1 saturated heterocycles. The first kappa shape index (κ1) is 19.0. The number of methoxy groups -OCH3 is 1. The molecule has 7 nitrogen and oxygen atoms in total. The van der Waals surface area contributed by atoms with Crippen LogP contribution in [0.1, 0.15) is 20.7 Å². The molecule has 0 aromatic heterocycles. The first-order valence-electron chi connectivity index (χ1n) is 8.44. The van der Waals surface area contributed by atoms with Crippen molar-refractivity contribution >= 4 is 11.9 Å². The lowest BCUT2D eigenvalue weighted by Crippen LogP contribution is -2.56. The van der Waals surface area contributed by atoms with Gasteiger partial charge in [0.15, 0.2) is 18.5 Å². The third-order valence-corrected chi connectivity index (χ3v) is 4.16. The topological polar surface area (TPSA) is 91.3 Å². The number of aliphatic hydroxyl groups excluding tert-OH is 1. The van der Waals surface area contributed by atoms with Crippen molar-refractivity contribution < 1.29 is 33.6 Å². The molecule has 0 spiro atoms. The Balaban J connectivity index is 1.70. The Bertz CT molecular complexity index is 762. The fourth-order valence-electron chi connectivity index (χ4n) is 2.73. The molecule has 1 fully saturated rings. The first-order chi connectivity index (χ1) is 13.1. The van der Waals surface area contributed by atoms with Crippen LogP contribution in [-0.4, -0.2) is 55.4 Å². The lowest BCUT2D eigenvalue weighted by atomic mass is 10.0. The zero-order valence-electron chi connectivity index (χ0n) is 14.7. The Morgan fingerprint density at radius 2 is 1.44 bits per heavy atom. The molecule has 142 valence electrons. The molecule has 27 heavy (non-hydrogen) atoms. The average Bonchev–Trinajstić information content (AvgIpc) is 2.72. The fourth-order valence-corrected chi connectivity index (χ4v) is 2.73. The van der Waals surface area contributed by atoms with E-state index in [1.807, 2.05) is 0 Å². The molecule has 1 aliphatic rings. The summed E-state index contributed by atoms with van der Waals surface area (Å²) in [5.41, 5.74) is 0.666. The molecule has 1 heterocycles. The summed E-state index contributed by atoms with van der Waals surface area (Å²) in [6, 6.07) is 16.7. The van der Waals surface area contributed by atoms with Gasteiger partial charge in [-0.2, -0.15) is 0 Å². The summed E-state index contributed by atoms with van der Waals surface area (Å²) in [6.45, 7) is -0.0857. The summed E-state index contributed by atoms with van der Waals surface area (Å²) in [6.07, 6.45) is -4.42. The smallest absolute Gasteiger partial charge is 0.338 e. The van der Waals surface area contributed by atoms with Crippen molar-refractivity contribution in [3.05, 3.63) is 71.8 Å². The molecule has 7 heteroatoms. The zero-order chi connectivity index (χ0) is 19.2. The Kier molecular flexibility index (Phi) is 6.18. The van der Waals surface area contributed by atoms with Gasteiger partial charge in [0.05, 0.1) is 17.7 Å². The minimum Gasteiger partial charge on any atom is -0.453 e. The van der Waals surface area contributed by atoms with Gasteiger partial charge < -0.3 is 24.1 Å². The van der Waals surface area contributed by atoms with E-state index in [0.717, 1.165) is 0 Å². The van der Waals surface area contributed by atoms with E-state index in [4.69, 9.17) is 18.9 Å². The van der Waals surface area contributed by atoms with Gasteiger partial charge in [-0.1, -0.05) is 36.4 Å². The highest BCUT2D eigenvalue weighted by Crippen LogP contribution is 2.23. The summed E-state index contributed by atoms with van der Waals surface area (Å²) < 4.78 is 21.3. The fraction of sp³-hybridized carbons (Fsp3) is 0.300. The van der Waals surface area contributed by atoms with Crippen molar-refractivity contribution in [2.75, 3.05) is 13.7 Å². The largest absolute Gasteiger partial charge is 0.453 e. The van der Waals surface area contributed by atoms with Crippen molar-refractivity contribution in [2.24, 2.45) is 0 Å². The Labute approximate surface area is 156 Å². The van der Waals surface area contributed by atoms with E-state index in [1.165, 1.54) is 7.11 Å². The van der Waals surface area contributed by atoms with Gasteiger partial charge in [-0.25, -0.2) is 9.59 Å². The summed E-state index contributed by atoms with van der Waals surface area (Å²) in [7, 11) is 1.37. The Hall–Kier alpha value is -2.74. The average molecular weight is 372 g/mol. The van der Waals surface area contributed by atoms with Crippen molar-refractivity contribution in [2.45, 2.75) is 24.6 Å². The van der Waals surface area contributed by atoms with E-state index in [9.17, 15) is 14.7 Å². The van der Waals surface area contributed by atoms with E-state index < -0.39 is 36.5 Å². The van der Waals surface area contributed by atoms with Gasteiger partial charge in [-0.3, -0.25) is 0 Å². The molecule has 0 aliphatic carbocycles. The van der Waals surface area contributed by atoms with E-state index in [-0.39, 0.29) is 6.61 Å². The normalized spacial score (nSPS) is 24.8. The predicted molar refractivity (Wildman–Crippen MR) is 94.0 cm³/mol. The van der Waals surface area contributed by atoms with E-state index in [0.29, 0.717) is 11.1 Å². The second-order valence-electron chi connectivity index (χ2n) is 5.97. The maximum Gasteiger partial charge on any atom is 0.338 e. The van der Waals surface area contributed by atoms with Gasteiger partial charge in [0.1, 0.15) is 6.10 Å². The number of rotatable bonds is 5. The Morgan fingerprint density at radius 3 is 1.96 bits per heavy atom. The highest BCUT2D eigenvalue weighted by atomic mass is 16.7. The number of hydrogen-bond acceptors (Lipinski definition) is 7. The van der Waals surface area contributed by atoms with Crippen LogP contribution in [0.25, 0.3) is 0 Å². The number of carbonyl (C=O) groups is 2. The number of esters is 2. The number of carbonyl (C=O) groups excluding carboxylic acids is 2. The molecule has 1 aliphatic heterocycles. The van der Waals surface area contributed by atoms with Crippen LogP contribution in [0.2, 0.25) is 0 Å². The SMILES string of the molecule is CO[C@H]1OC[C@H](OC(=O)c2ccccc2)[C@H](O)[C@H]1OC(=O)c1ccccc1. The van der Waals surface area contributed by atoms with Gasteiger partial charge in [-0.05, 0) is 24.3 Å². The zero-order valence-corrected chi connectivity index (χ0v) is 14.7. The van der Waals surface area contributed by atoms with Crippen LogP contribution in [0.4, 0.5) is 0 Å². The van der Waals surface area contributed by atoms with Gasteiger partial charge in [0, 0.05) is 7.11 Å². The third-order valence-electron chi connectivity index (χ3n) is 4.16. The molecule has 0 amide bonds. The van der Waals surface area contributed by atoms with Crippen molar-refractivity contribution in [3.63, 3.8) is 0 Å². The molecule has 0 unspecified atom stereocenters. The summed E-state index contributed by atoms with van der Waals surface area (Å²) >= 11 is 0. The van der Waals surface area contributed by atoms with E-state index in [2.05, 4.69) is 0 Å². The number of aliphatic hydroxyl groups is 1. The number of benzene rings is 2. The third kappa shape index (κ3) is 4.51. The lowest BCUT2D eigenvalue weighted by molar-refractivity contribution is -0.260. The van der Waals surface area contributed by atoms with Gasteiger partial charge in [0.25, 0.3) is 0 Å². The van der Waals surface area contributed by atoms with E-state index in [1.54, 1.807) is 60.7 Å². The number of ether oxygens (including phenoxy) is 4. The van der Waals surface area contributed by atoms with E-state index >= 15 is 0 Å². The van der Waals surface area contributed by atoms with Crippen molar-refractivity contribution in [1.82, 2.24) is 0 Å². The maximum absolute atomic E-state index is 12.3. The second-order valence-corrected chi connectivity index (χ2v) is 5.97. The van der Waals surface area contributed by atoms with Crippen LogP contribution in [0.5, 0.6) is 0 Å². The monoisotopic (exact) mass is 372 g/mol. The standard InChI is InChI=1S/C20H20O7/c1-24-20-17(27-19(23)14-10-6-3-7-11-14)16(21)15(12-25-20)26-18(22)13-8-4-2-5-9-13/h2-11,15-17,20-21H,12H2,1H3/t15-,16-,17+,20-/m0/s1. The van der Waals surface area contributed by atoms with Gasteiger partial charge in [-0.15, -0.1) is 0 Å². The molecule has 0 bridgehead atoms. The molecule has 1 N–H and O–H groups in total. The summed E-state index contributed by atoms with van der Waals surface area (Å²) in [5.74, 6) is -1.24.